The first-order valence-electron chi connectivity index (χ1n) is 12.1. The Labute approximate surface area is 211 Å². The van der Waals surface area contributed by atoms with Crippen LogP contribution < -0.4 is 24.8 Å². The Bertz CT molecular complexity index is 1110. The number of carbonyl (C=O) groups is 2. The quantitative estimate of drug-likeness (QED) is 0.561. The maximum atomic E-state index is 13.3. The molecule has 0 spiro atoms. The summed E-state index contributed by atoms with van der Waals surface area (Å²) in [5.74, 6) is 1.77. The highest BCUT2D eigenvalue weighted by Crippen LogP contribution is 2.34. The molecule has 3 amide bonds. The van der Waals surface area contributed by atoms with Gasteiger partial charge in [0.25, 0.3) is 0 Å². The van der Waals surface area contributed by atoms with E-state index in [1.54, 1.807) is 41.3 Å². The van der Waals surface area contributed by atoms with Crippen molar-refractivity contribution < 1.29 is 28.9 Å². The van der Waals surface area contributed by atoms with Crippen molar-refractivity contribution in [1.82, 2.24) is 9.80 Å². The van der Waals surface area contributed by atoms with Crippen molar-refractivity contribution in [2.24, 2.45) is 5.92 Å². The van der Waals surface area contributed by atoms with Crippen molar-refractivity contribution >= 4 is 23.3 Å². The van der Waals surface area contributed by atoms with Gasteiger partial charge in [0.15, 0.2) is 11.5 Å². The lowest BCUT2D eigenvalue weighted by atomic mass is 10.0. The first-order valence-corrected chi connectivity index (χ1v) is 12.1. The summed E-state index contributed by atoms with van der Waals surface area (Å²) in [5, 5.41) is 15.3. The number of nitrogens with one attached hydrogen (secondary N) is 2. The molecular weight excluding hydrogens is 464 g/mol. The number of amides is 3. The summed E-state index contributed by atoms with van der Waals surface area (Å²) in [6.45, 7) is 5.09. The molecule has 4 rings (SSSR count). The zero-order valence-electron chi connectivity index (χ0n) is 21.1. The van der Waals surface area contributed by atoms with Crippen LogP contribution in [0, 0.1) is 5.92 Å². The molecule has 3 N–H and O–H groups in total. The van der Waals surface area contributed by atoms with E-state index in [4.69, 9.17) is 14.2 Å². The van der Waals surface area contributed by atoms with Gasteiger partial charge in [-0.05, 0) is 51.4 Å². The number of anilines is 2. The molecule has 194 valence electrons. The van der Waals surface area contributed by atoms with Gasteiger partial charge in [-0.1, -0.05) is 6.92 Å². The minimum absolute atomic E-state index is 0.0431. The van der Waals surface area contributed by atoms with Crippen LogP contribution in [0.4, 0.5) is 16.2 Å². The Balaban J connectivity index is 1.54. The Hall–Kier alpha value is -3.50. The van der Waals surface area contributed by atoms with E-state index in [1.807, 2.05) is 21.0 Å². The summed E-state index contributed by atoms with van der Waals surface area (Å²) in [6.07, 6.45) is -0.0634. The summed E-state index contributed by atoms with van der Waals surface area (Å²) in [7, 11) is 3.96. The zero-order chi connectivity index (χ0) is 25.8. The molecular formula is C26H34N4O6. The molecule has 10 nitrogen and oxygen atoms in total. The fourth-order valence-electron chi connectivity index (χ4n) is 4.35. The number of fused-ring (bicyclic) bond motifs is 2. The second-order valence-corrected chi connectivity index (χ2v) is 9.62. The third-order valence-corrected chi connectivity index (χ3v) is 6.35. The summed E-state index contributed by atoms with van der Waals surface area (Å²) < 4.78 is 17.1. The predicted molar refractivity (Wildman–Crippen MR) is 136 cm³/mol. The lowest BCUT2D eigenvalue weighted by molar-refractivity contribution is -0.134. The molecule has 2 aliphatic heterocycles. The minimum Gasteiger partial charge on any atom is -0.488 e. The van der Waals surface area contributed by atoms with Crippen molar-refractivity contribution in [3.05, 3.63) is 42.0 Å². The van der Waals surface area contributed by atoms with Crippen LogP contribution in [0.25, 0.3) is 0 Å². The molecule has 0 saturated heterocycles. The molecule has 0 bridgehead atoms. The number of aliphatic hydroxyl groups is 1. The second kappa shape index (κ2) is 11.0. The summed E-state index contributed by atoms with van der Waals surface area (Å²) in [5.41, 5.74) is 1.77. The molecule has 0 aliphatic carbocycles. The third-order valence-electron chi connectivity index (χ3n) is 6.35. The van der Waals surface area contributed by atoms with Gasteiger partial charge in [0.05, 0.1) is 19.1 Å². The standard InChI is InChI=1S/C26H34N4O6/c1-16-12-30(17(2)14-31)25(32)10-18-9-19(5-7-21(18)36-24(16)13-29(3)4)27-26(33)28-20-6-8-22-23(11-20)35-15-34-22/h5-9,11,16-17,24,31H,10,12-15H2,1-4H3,(H2,27,28,33)/t16-,17-,24+/m0/s1. The Morgan fingerprint density at radius 3 is 2.47 bits per heavy atom. The third kappa shape index (κ3) is 6.00. The summed E-state index contributed by atoms with van der Waals surface area (Å²) in [4.78, 5) is 29.7. The van der Waals surface area contributed by atoms with E-state index >= 15 is 0 Å². The number of likely N-dealkylation sites (N-methyl/N-ethyl adjacent to an activating group) is 1. The molecule has 10 heteroatoms. The Morgan fingerprint density at radius 2 is 1.78 bits per heavy atom. The van der Waals surface area contributed by atoms with E-state index in [9.17, 15) is 14.7 Å². The molecule has 36 heavy (non-hydrogen) atoms. The SMILES string of the molecule is C[C@H]1CN([C@@H](C)CO)C(=O)Cc2cc(NC(=O)Nc3ccc4c(c3)OCO4)ccc2O[C@@H]1CN(C)C. The van der Waals surface area contributed by atoms with E-state index in [1.165, 1.54) is 0 Å². The zero-order valence-corrected chi connectivity index (χ0v) is 21.1. The minimum atomic E-state index is -0.432. The molecule has 0 fully saturated rings. The van der Waals surface area contributed by atoms with Crippen molar-refractivity contribution in [2.45, 2.75) is 32.4 Å². The van der Waals surface area contributed by atoms with Gasteiger partial charge in [0, 0.05) is 42.0 Å². The van der Waals surface area contributed by atoms with Crippen LogP contribution in [0.15, 0.2) is 36.4 Å². The van der Waals surface area contributed by atoms with Gasteiger partial charge in [0.2, 0.25) is 12.7 Å². The number of carbonyl (C=O) groups excluding carboxylic acids is 2. The van der Waals surface area contributed by atoms with Crippen LogP contribution in [0.5, 0.6) is 17.2 Å². The van der Waals surface area contributed by atoms with Crippen molar-refractivity contribution in [3.63, 3.8) is 0 Å². The lowest BCUT2D eigenvalue weighted by Gasteiger charge is -2.33. The van der Waals surface area contributed by atoms with Gasteiger partial charge in [-0.3, -0.25) is 4.79 Å². The van der Waals surface area contributed by atoms with E-state index in [2.05, 4.69) is 22.5 Å². The van der Waals surface area contributed by atoms with Crippen LogP contribution in [-0.2, 0) is 11.2 Å². The largest absolute Gasteiger partial charge is 0.488 e. The van der Waals surface area contributed by atoms with E-state index in [0.717, 1.165) is 0 Å². The van der Waals surface area contributed by atoms with Crippen LogP contribution >= 0.6 is 0 Å². The number of benzene rings is 2. The summed E-state index contributed by atoms with van der Waals surface area (Å²) >= 11 is 0. The molecule has 0 saturated carbocycles. The predicted octanol–water partition coefficient (Wildman–Crippen LogP) is 2.77. The van der Waals surface area contributed by atoms with Gasteiger partial charge in [-0.2, -0.15) is 0 Å². The summed E-state index contributed by atoms with van der Waals surface area (Å²) in [6, 6.07) is 9.73. The average molecular weight is 499 g/mol. The number of nitrogens with zero attached hydrogens (tertiary/aromatic N) is 2. The highest BCUT2D eigenvalue weighted by atomic mass is 16.7. The molecule has 0 radical (unpaired) electrons. The first kappa shape index (κ1) is 25.6. The van der Waals surface area contributed by atoms with Crippen molar-refractivity contribution in [3.8, 4) is 17.2 Å². The molecule has 2 heterocycles. The van der Waals surface area contributed by atoms with Gasteiger partial charge >= 0.3 is 6.03 Å². The van der Waals surface area contributed by atoms with Gasteiger partial charge in [0.1, 0.15) is 11.9 Å². The highest BCUT2D eigenvalue weighted by Gasteiger charge is 2.30. The first-order chi connectivity index (χ1) is 17.2. The number of hydrogen-bond acceptors (Lipinski definition) is 7. The van der Waals surface area contributed by atoms with Gasteiger partial charge in [-0.15, -0.1) is 0 Å². The Kier molecular flexibility index (Phi) is 7.85. The van der Waals surface area contributed by atoms with Gasteiger partial charge < -0.3 is 39.8 Å². The van der Waals surface area contributed by atoms with Gasteiger partial charge in [-0.25, -0.2) is 4.79 Å². The lowest BCUT2D eigenvalue weighted by Crippen LogP contribution is -2.47. The highest BCUT2D eigenvalue weighted by molar-refractivity contribution is 6.00. The Morgan fingerprint density at radius 1 is 1.11 bits per heavy atom. The molecule has 2 aromatic carbocycles. The fraction of sp³-hybridized carbons (Fsp3) is 0.462. The number of rotatable bonds is 6. The van der Waals surface area contributed by atoms with Crippen LogP contribution in [0.1, 0.15) is 19.4 Å². The topological polar surface area (TPSA) is 113 Å². The smallest absolute Gasteiger partial charge is 0.323 e. The second-order valence-electron chi connectivity index (χ2n) is 9.62. The maximum absolute atomic E-state index is 13.3. The van der Waals surface area contributed by atoms with E-state index in [-0.39, 0.29) is 43.8 Å². The fourth-order valence-corrected chi connectivity index (χ4v) is 4.35. The molecule has 0 aromatic heterocycles. The van der Waals surface area contributed by atoms with E-state index < -0.39 is 6.03 Å². The molecule has 3 atom stereocenters. The number of ether oxygens (including phenoxy) is 3. The molecule has 0 unspecified atom stereocenters. The molecule has 2 aromatic rings. The van der Waals surface area contributed by atoms with Crippen LogP contribution in [0.3, 0.4) is 0 Å². The monoisotopic (exact) mass is 498 g/mol. The molecule has 2 aliphatic rings. The number of hydrogen-bond donors (Lipinski definition) is 3. The van der Waals surface area contributed by atoms with Crippen LogP contribution in [0.2, 0.25) is 0 Å². The van der Waals surface area contributed by atoms with Crippen LogP contribution in [-0.4, -0.2) is 79.6 Å². The normalized spacial score (nSPS) is 20.1. The van der Waals surface area contributed by atoms with E-state index in [0.29, 0.717) is 47.3 Å². The van der Waals surface area contributed by atoms with Crippen molar-refractivity contribution in [2.75, 3.05) is 51.2 Å². The number of urea groups is 1. The number of aliphatic hydroxyl groups excluding tert-OH is 1. The maximum Gasteiger partial charge on any atom is 0.323 e. The average Bonchev–Trinajstić information content (AvgIpc) is 3.31. The van der Waals surface area contributed by atoms with Crippen molar-refractivity contribution in [1.29, 1.82) is 0 Å².